The molecular formula is C15H14F3N3O3S. The Morgan fingerprint density at radius 3 is 2.12 bits per heavy atom. The van der Waals surface area contributed by atoms with Gasteiger partial charge in [-0.2, -0.15) is 13.2 Å². The second-order valence-corrected chi connectivity index (χ2v) is 7.35. The van der Waals surface area contributed by atoms with E-state index in [1.54, 1.807) is 0 Å². The third-order valence-corrected chi connectivity index (χ3v) is 5.04. The smallest absolute Gasteiger partial charge is 0.321 e. The number of aromatic nitrogens is 1. The van der Waals surface area contributed by atoms with E-state index in [0.717, 1.165) is 16.4 Å². The van der Waals surface area contributed by atoms with Crippen molar-refractivity contribution in [2.45, 2.75) is 11.1 Å². The molecule has 1 aromatic heterocycles. The minimum absolute atomic E-state index is 0.0446. The van der Waals surface area contributed by atoms with Crippen LogP contribution in [0, 0.1) is 0 Å². The number of halogens is 3. The molecule has 0 unspecified atom stereocenters. The average Bonchev–Trinajstić information content (AvgIpc) is 2.54. The Morgan fingerprint density at radius 2 is 1.68 bits per heavy atom. The van der Waals surface area contributed by atoms with Crippen LogP contribution in [0.25, 0.3) is 0 Å². The van der Waals surface area contributed by atoms with Crippen molar-refractivity contribution in [2.75, 3.05) is 19.4 Å². The normalized spacial score (nSPS) is 12.2. The number of pyridine rings is 1. The molecule has 0 atom stereocenters. The molecule has 0 saturated heterocycles. The molecule has 134 valence electrons. The van der Waals surface area contributed by atoms with E-state index < -0.39 is 27.7 Å². The number of carbonyl (C=O) groups is 1. The predicted octanol–water partition coefficient (Wildman–Crippen LogP) is 2.60. The van der Waals surface area contributed by atoms with Crippen molar-refractivity contribution in [1.82, 2.24) is 9.29 Å². The molecule has 1 heterocycles. The van der Waals surface area contributed by atoms with E-state index >= 15 is 0 Å². The standard InChI is InChI=1S/C15H14F3N3O3S/c1-21(2)25(23,24)12-6-4-11(5-7-12)20-14(22)13-8-3-10(9-19-13)15(16,17)18/h3-9H,1-2H3,(H,20,22). The number of carbonyl (C=O) groups excluding carboxylic acids is 1. The van der Waals surface area contributed by atoms with Gasteiger partial charge in [0.15, 0.2) is 0 Å². The van der Waals surface area contributed by atoms with Gasteiger partial charge in [0, 0.05) is 26.0 Å². The molecule has 0 bridgehead atoms. The quantitative estimate of drug-likeness (QED) is 0.894. The van der Waals surface area contributed by atoms with Crippen LogP contribution in [0.1, 0.15) is 16.1 Å². The van der Waals surface area contributed by atoms with Crippen molar-refractivity contribution < 1.29 is 26.4 Å². The number of alkyl halides is 3. The number of anilines is 1. The molecule has 10 heteroatoms. The fourth-order valence-corrected chi connectivity index (χ4v) is 2.71. The van der Waals surface area contributed by atoms with Crippen LogP contribution in [0.4, 0.5) is 18.9 Å². The average molecular weight is 373 g/mol. The molecule has 0 spiro atoms. The first kappa shape index (κ1) is 18.9. The van der Waals surface area contributed by atoms with E-state index in [-0.39, 0.29) is 16.3 Å². The van der Waals surface area contributed by atoms with Crippen LogP contribution in [0.2, 0.25) is 0 Å². The van der Waals surface area contributed by atoms with Gasteiger partial charge in [0.25, 0.3) is 5.91 Å². The molecule has 2 rings (SSSR count). The Balaban J connectivity index is 2.13. The Kier molecular flexibility index (Phi) is 5.14. The SMILES string of the molecule is CN(C)S(=O)(=O)c1ccc(NC(=O)c2ccc(C(F)(F)F)cn2)cc1. The van der Waals surface area contributed by atoms with E-state index in [1.807, 2.05) is 0 Å². The highest BCUT2D eigenvalue weighted by atomic mass is 32.2. The van der Waals surface area contributed by atoms with Crippen LogP contribution < -0.4 is 5.32 Å². The zero-order chi connectivity index (χ0) is 18.8. The first-order chi connectivity index (χ1) is 11.5. The van der Waals surface area contributed by atoms with Gasteiger partial charge in [-0.15, -0.1) is 0 Å². The van der Waals surface area contributed by atoms with Gasteiger partial charge in [-0.3, -0.25) is 9.78 Å². The van der Waals surface area contributed by atoms with Crippen molar-refractivity contribution in [3.8, 4) is 0 Å². The van der Waals surface area contributed by atoms with Crippen LogP contribution in [-0.4, -0.2) is 37.7 Å². The lowest BCUT2D eigenvalue weighted by molar-refractivity contribution is -0.137. The molecule has 0 aliphatic heterocycles. The Morgan fingerprint density at radius 1 is 1.08 bits per heavy atom. The van der Waals surface area contributed by atoms with Crippen LogP contribution >= 0.6 is 0 Å². The summed E-state index contributed by atoms with van der Waals surface area (Å²) in [6.07, 6.45) is -3.96. The van der Waals surface area contributed by atoms with Gasteiger partial charge in [-0.25, -0.2) is 12.7 Å². The molecule has 0 radical (unpaired) electrons. The molecule has 2 aromatic rings. The summed E-state index contributed by atoms with van der Waals surface area (Å²) in [6, 6.07) is 7.09. The fraction of sp³-hybridized carbons (Fsp3) is 0.200. The van der Waals surface area contributed by atoms with E-state index in [1.165, 1.54) is 38.4 Å². The van der Waals surface area contributed by atoms with E-state index in [9.17, 15) is 26.4 Å². The number of hydrogen-bond donors (Lipinski definition) is 1. The molecule has 0 aliphatic carbocycles. The Bertz CT molecular complexity index is 862. The highest BCUT2D eigenvalue weighted by molar-refractivity contribution is 7.89. The van der Waals surface area contributed by atoms with Crippen molar-refractivity contribution >= 4 is 21.6 Å². The Labute approximate surface area is 142 Å². The van der Waals surface area contributed by atoms with E-state index in [2.05, 4.69) is 10.3 Å². The van der Waals surface area contributed by atoms with Gasteiger partial charge >= 0.3 is 6.18 Å². The van der Waals surface area contributed by atoms with Gasteiger partial charge in [0.2, 0.25) is 10.0 Å². The van der Waals surface area contributed by atoms with Crippen LogP contribution in [0.5, 0.6) is 0 Å². The van der Waals surface area contributed by atoms with Crippen LogP contribution in [0.3, 0.4) is 0 Å². The summed E-state index contributed by atoms with van der Waals surface area (Å²) in [4.78, 5) is 15.5. The summed E-state index contributed by atoms with van der Waals surface area (Å²) in [5.41, 5.74) is -0.871. The summed E-state index contributed by atoms with van der Waals surface area (Å²) >= 11 is 0. The molecular weight excluding hydrogens is 359 g/mol. The number of sulfonamides is 1. The molecule has 0 saturated carbocycles. The lowest BCUT2D eigenvalue weighted by Gasteiger charge is -2.12. The van der Waals surface area contributed by atoms with Crippen molar-refractivity contribution in [3.63, 3.8) is 0 Å². The van der Waals surface area contributed by atoms with E-state index in [4.69, 9.17) is 0 Å². The highest BCUT2D eigenvalue weighted by Gasteiger charge is 2.30. The Hall–Kier alpha value is -2.46. The maximum Gasteiger partial charge on any atom is 0.417 e. The summed E-state index contributed by atoms with van der Waals surface area (Å²) in [7, 11) is -0.811. The van der Waals surface area contributed by atoms with Gasteiger partial charge in [-0.1, -0.05) is 0 Å². The maximum absolute atomic E-state index is 12.5. The third-order valence-electron chi connectivity index (χ3n) is 3.21. The monoisotopic (exact) mass is 373 g/mol. The summed E-state index contributed by atoms with van der Waals surface area (Å²) in [5, 5.41) is 2.43. The lowest BCUT2D eigenvalue weighted by Crippen LogP contribution is -2.22. The maximum atomic E-state index is 12.5. The molecule has 0 aliphatic rings. The zero-order valence-electron chi connectivity index (χ0n) is 13.2. The second kappa shape index (κ2) is 6.81. The van der Waals surface area contributed by atoms with Crippen molar-refractivity contribution in [3.05, 3.63) is 53.9 Å². The highest BCUT2D eigenvalue weighted by Crippen LogP contribution is 2.28. The molecule has 1 N–H and O–H groups in total. The number of nitrogens with zero attached hydrogens (tertiary/aromatic N) is 2. The lowest BCUT2D eigenvalue weighted by atomic mass is 10.2. The topological polar surface area (TPSA) is 79.4 Å². The zero-order valence-corrected chi connectivity index (χ0v) is 14.0. The molecule has 25 heavy (non-hydrogen) atoms. The summed E-state index contributed by atoms with van der Waals surface area (Å²) in [6.45, 7) is 0. The van der Waals surface area contributed by atoms with Gasteiger partial charge in [-0.05, 0) is 36.4 Å². The van der Waals surface area contributed by atoms with Crippen LogP contribution in [-0.2, 0) is 16.2 Å². The molecule has 1 aromatic carbocycles. The largest absolute Gasteiger partial charge is 0.417 e. The first-order valence-corrected chi connectivity index (χ1v) is 8.33. The number of benzene rings is 1. The number of hydrogen-bond acceptors (Lipinski definition) is 4. The molecule has 1 amide bonds. The van der Waals surface area contributed by atoms with Gasteiger partial charge < -0.3 is 5.32 Å². The first-order valence-electron chi connectivity index (χ1n) is 6.89. The summed E-state index contributed by atoms with van der Waals surface area (Å²) < 4.78 is 62.3. The van der Waals surface area contributed by atoms with Gasteiger partial charge in [0.05, 0.1) is 10.5 Å². The summed E-state index contributed by atoms with van der Waals surface area (Å²) in [5.74, 6) is -0.711. The van der Waals surface area contributed by atoms with Crippen molar-refractivity contribution in [2.24, 2.45) is 0 Å². The fourth-order valence-electron chi connectivity index (χ4n) is 1.81. The predicted molar refractivity (Wildman–Crippen MR) is 84.5 cm³/mol. The van der Waals surface area contributed by atoms with Crippen molar-refractivity contribution in [1.29, 1.82) is 0 Å². The molecule has 6 nitrogen and oxygen atoms in total. The number of nitrogens with one attached hydrogen (secondary N) is 1. The number of rotatable bonds is 4. The number of amides is 1. The second-order valence-electron chi connectivity index (χ2n) is 5.20. The molecule has 0 fully saturated rings. The third kappa shape index (κ3) is 4.34. The minimum atomic E-state index is -4.53. The minimum Gasteiger partial charge on any atom is -0.321 e. The van der Waals surface area contributed by atoms with Crippen LogP contribution in [0.15, 0.2) is 47.5 Å². The van der Waals surface area contributed by atoms with E-state index in [0.29, 0.717) is 6.20 Å². The van der Waals surface area contributed by atoms with Gasteiger partial charge in [0.1, 0.15) is 5.69 Å².